The van der Waals surface area contributed by atoms with Gasteiger partial charge in [0.25, 0.3) is 0 Å². The summed E-state index contributed by atoms with van der Waals surface area (Å²) in [5.41, 5.74) is 2.29. The summed E-state index contributed by atoms with van der Waals surface area (Å²) in [4.78, 5) is 24.7. The minimum absolute atomic E-state index is 0.157. The van der Waals surface area contributed by atoms with Crippen LogP contribution in [0, 0.1) is 0 Å². The van der Waals surface area contributed by atoms with Crippen molar-refractivity contribution in [2.24, 2.45) is 0 Å². The van der Waals surface area contributed by atoms with Crippen LogP contribution in [0.2, 0.25) is 0 Å². The van der Waals surface area contributed by atoms with E-state index in [-0.39, 0.29) is 12.4 Å². The summed E-state index contributed by atoms with van der Waals surface area (Å²) in [6, 6.07) is 5.36. The molecule has 0 spiro atoms. The predicted molar refractivity (Wildman–Crippen MR) is 73.3 cm³/mol. The minimum Gasteiger partial charge on any atom is -0.497 e. The van der Waals surface area contributed by atoms with E-state index in [2.05, 4.69) is 0 Å². The Bertz CT molecular complexity index is 501. The van der Waals surface area contributed by atoms with Crippen molar-refractivity contribution in [1.29, 1.82) is 0 Å². The molecule has 0 saturated heterocycles. The number of hydrogen-bond acceptors (Lipinski definition) is 5. The Hall–Kier alpha value is -1.88. The van der Waals surface area contributed by atoms with Gasteiger partial charge in [-0.05, 0) is 30.2 Å². The van der Waals surface area contributed by atoms with E-state index in [1.165, 1.54) is 0 Å². The topological polar surface area (TPSA) is 55.8 Å². The van der Waals surface area contributed by atoms with Crippen LogP contribution >= 0.6 is 0 Å². The van der Waals surface area contributed by atoms with Crippen molar-refractivity contribution >= 4 is 12.3 Å². The van der Waals surface area contributed by atoms with E-state index in [0.29, 0.717) is 19.7 Å². The lowest BCUT2D eigenvalue weighted by atomic mass is 10.1. The molecule has 5 heteroatoms. The molecule has 0 radical (unpaired) electrons. The molecular formula is C15H19NO4. The van der Waals surface area contributed by atoms with Crippen molar-refractivity contribution in [1.82, 2.24) is 4.90 Å². The molecule has 0 bridgehead atoms. The van der Waals surface area contributed by atoms with E-state index >= 15 is 0 Å². The average Bonchev–Trinajstić information content (AvgIpc) is 2.87. The molecule has 0 fully saturated rings. The van der Waals surface area contributed by atoms with Gasteiger partial charge in [0, 0.05) is 19.5 Å². The lowest BCUT2D eigenvalue weighted by Crippen LogP contribution is -2.39. The average molecular weight is 277 g/mol. The number of aldehydes is 1. The molecule has 108 valence electrons. The molecule has 0 N–H and O–H groups in total. The van der Waals surface area contributed by atoms with Crippen LogP contribution in [0.4, 0.5) is 0 Å². The lowest BCUT2D eigenvalue weighted by Gasteiger charge is -2.23. The maximum atomic E-state index is 11.9. The molecule has 5 nitrogen and oxygen atoms in total. The molecule has 0 saturated carbocycles. The summed E-state index contributed by atoms with van der Waals surface area (Å²) in [5, 5.41) is 0. The number of methoxy groups -OCH3 is 1. The fourth-order valence-corrected chi connectivity index (χ4v) is 2.47. The molecule has 1 aliphatic rings. The molecule has 1 aromatic rings. The Morgan fingerprint density at radius 2 is 2.15 bits per heavy atom. The van der Waals surface area contributed by atoms with Crippen molar-refractivity contribution in [2.75, 3.05) is 13.7 Å². The van der Waals surface area contributed by atoms with Crippen molar-refractivity contribution in [3.8, 4) is 5.75 Å². The third-order valence-electron chi connectivity index (χ3n) is 3.48. The van der Waals surface area contributed by atoms with Gasteiger partial charge in [-0.3, -0.25) is 9.69 Å². The van der Waals surface area contributed by atoms with E-state index in [0.717, 1.165) is 23.2 Å². The van der Waals surface area contributed by atoms with Gasteiger partial charge in [0.05, 0.1) is 13.7 Å². The summed E-state index contributed by atoms with van der Waals surface area (Å²) in [6.07, 6.45) is 0.926. The normalized spacial score (nSPS) is 15.5. The summed E-state index contributed by atoms with van der Waals surface area (Å²) < 4.78 is 10.3. The van der Waals surface area contributed by atoms with Gasteiger partial charge >= 0.3 is 5.97 Å². The smallest absolute Gasteiger partial charge is 0.323 e. The molecule has 20 heavy (non-hydrogen) atoms. The Kier molecular flexibility index (Phi) is 4.74. The fourth-order valence-electron chi connectivity index (χ4n) is 2.47. The molecule has 0 aromatic heterocycles. The SMILES string of the molecule is CCOC(=O)C(CC=O)N1Cc2ccc(OC)cc2C1. The van der Waals surface area contributed by atoms with Gasteiger partial charge in [0.2, 0.25) is 0 Å². The summed E-state index contributed by atoms with van der Waals surface area (Å²) in [6.45, 7) is 3.36. The second-order valence-corrected chi connectivity index (χ2v) is 4.71. The first-order valence-corrected chi connectivity index (χ1v) is 6.69. The zero-order chi connectivity index (χ0) is 14.5. The van der Waals surface area contributed by atoms with E-state index < -0.39 is 6.04 Å². The second-order valence-electron chi connectivity index (χ2n) is 4.71. The predicted octanol–water partition coefficient (Wildman–Crippen LogP) is 1.53. The van der Waals surface area contributed by atoms with Crippen LogP contribution in [0.1, 0.15) is 24.5 Å². The zero-order valence-corrected chi connectivity index (χ0v) is 11.8. The number of carbonyl (C=O) groups excluding carboxylic acids is 2. The summed E-state index contributed by atoms with van der Waals surface area (Å²) in [5.74, 6) is 0.466. The van der Waals surface area contributed by atoms with Crippen LogP contribution < -0.4 is 4.74 Å². The number of rotatable bonds is 6. The number of fused-ring (bicyclic) bond motifs is 1. The van der Waals surface area contributed by atoms with Gasteiger partial charge in [-0.1, -0.05) is 6.07 Å². The molecule has 1 atom stereocenters. The Labute approximate surface area is 118 Å². The fraction of sp³-hybridized carbons (Fsp3) is 0.467. The van der Waals surface area contributed by atoms with Gasteiger partial charge in [-0.2, -0.15) is 0 Å². The molecule has 1 unspecified atom stereocenters. The monoisotopic (exact) mass is 277 g/mol. The number of nitrogens with zero attached hydrogens (tertiary/aromatic N) is 1. The third kappa shape index (κ3) is 2.99. The maximum Gasteiger partial charge on any atom is 0.323 e. The molecular weight excluding hydrogens is 258 g/mol. The number of esters is 1. The standard InChI is InChI=1S/C15H19NO4/c1-3-20-15(18)14(6-7-17)16-9-11-4-5-13(19-2)8-12(11)10-16/h4-5,7-8,14H,3,6,9-10H2,1-2H3. The van der Waals surface area contributed by atoms with E-state index in [4.69, 9.17) is 9.47 Å². The number of hydrogen-bond donors (Lipinski definition) is 0. The van der Waals surface area contributed by atoms with Crippen LogP contribution in [0.3, 0.4) is 0 Å². The first-order chi connectivity index (χ1) is 9.69. The Balaban J connectivity index is 2.14. The second kappa shape index (κ2) is 6.52. The van der Waals surface area contributed by atoms with E-state index in [1.54, 1.807) is 14.0 Å². The van der Waals surface area contributed by atoms with Crippen molar-refractivity contribution in [3.63, 3.8) is 0 Å². The molecule has 0 amide bonds. The first kappa shape index (κ1) is 14.5. The highest BCUT2D eigenvalue weighted by molar-refractivity contribution is 5.79. The Morgan fingerprint density at radius 1 is 1.40 bits per heavy atom. The van der Waals surface area contributed by atoms with E-state index in [9.17, 15) is 9.59 Å². The van der Waals surface area contributed by atoms with Crippen LogP contribution in [0.25, 0.3) is 0 Å². The highest BCUT2D eigenvalue weighted by atomic mass is 16.5. The van der Waals surface area contributed by atoms with Gasteiger partial charge in [0.1, 0.15) is 18.1 Å². The molecule has 1 aromatic carbocycles. The Morgan fingerprint density at radius 3 is 2.80 bits per heavy atom. The largest absolute Gasteiger partial charge is 0.497 e. The van der Waals surface area contributed by atoms with Crippen LogP contribution in [-0.2, 0) is 27.4 Å². The number of benzene rings is 1. The highest BCUT2D eigenvalue weighted by Gasteiger charge is 2.31. The van der Waals surface area contributed by atoms with Crippen molar-refractivity contribution in [2.45, 2.75) is 32.5 Å². The molecule has 1 heterocycles. The van der Waals surface area contributed by atoms with Gasteiger partial charge < -0.3 is 14.3 Å². The highest BCUT2D eigenvalue weighted by Crippen LogP contribution is 2.28. The summed E-state index contributed by atoms with van der Waals surface area (Å²) in [7, 11) is 1.63. The summed E-state index contributed by atoms with van der Waals surface area (Å²) >= 11 is 0. The maximum absolute atomic E-state index is 11.9. The molecule has 1 aliphatic heterocycles. The van der Waals surface area contributed by atoms with Crippen LogP contribution in [0.5, 0.6) is 5.75 Å². The van der Waals surface area contributed by atoms with E-state index in [1.807, 2.05) is 23.1 Å². The first-order valence-electron chi connectivity index (χ1n) is 6.69. The lowest BCUT2D eigenvalue weighted by molar-refractivity contribution is -0.150. The molecule has 2 rings (SSSR count). The third-order valence-corrected chi connectivity index (χ3v) is 3.48. The van der Waals surface area contributed by atoms with Crippen molar-refractivity contribution in [3.05, 3.63) is 29.3 Å². The number of ether oxygens (including phenoxy) is 2. The molecule has 0 aliphatic carbocycles. The minimum atomic E-state index is -0.508. The van der Waals surface area contributed by atoms with Crippen LogP contribution in [-0.4, -0.2) is 36.9 Å². The van der Waals surface area contributed by atoms with Crippen molar-refractivity contribution < 1.29 is 19.1 Å². The van der Waals surface area contributed by atoms with Gasteiger partial charge in [-0.25, -0.2) is 0 Å². The van der Waals surface area contributed by atoms with Gasteiger partial charge in [0.15, 0.2) is 0 Å². The zero-order valence-electron chi connectivity index (χ0n) is 11.8. The number of carbonyl (C=O) groups is 2. The quantitative estimate of drug-likeness (QED) is 0.583. The van der Waals surface area contributed by atoms with Gasteiger partial charge in [-0.15, -0.1) is 0 Å². The van der Waals surface area contributed by atoms with Crippen LogP contribution in [0.15, 0.2) is 18.2 Å².